The molecule has 0 fully saturated rings. The van der Waals surface area contributed by atoms with Crippen LogP contribution in [-0.2, 0) is 9.53 Å². The Morgan fingerprint density at radius 2 is 1.93 bits per heavy atom. The second-order valence-electron chi connectivity index (χ2n) is 2.90. The van der Waals surface area contributed by atoms with Crippen LogP contribution in [0.15, 0.2) is 0 Å². The molecule has 2 atom stereocenters. The van der Waals surface area contributed by atoms with Gasteiger partial charge >= 0.3 is 5.97 Å². The van der Waals surface area contributed by atoms with Crippen LogP contribution in [0.1, 0.15) is 26.7 Å². The summed E-state index contributed by atoms with van der Waals surface area (Å²) in [6.45, 7) is 3.29. The van der Waals surface area contributed by atoms with Gasteiger partial charge in [-0.1, -0.05) is 6.92 Å². The Morgan fingerprint density at radius 1 is 1.50 bits per heavy atom. The first-order chi connectivity index (χ1) is 6.47. The fourth-order valence-electron chi connectivity index (χ4n) is 0.589. The van der Waals surface area contributed by atoms with Gasteiger partial charge in [0.2, 0.25) is 0 Å². The van der Waals surface area contributed by atoms with Crippen LogP contribution in [0.25, 0.3) is 0 Å². The highest BCUT2D eigenvalue weighted by Gasteiger charge is 2.08. The van der Waals surface area contributed by atoms with Crippen molar-refractivity contribution in [2.75, 3.05) is 13.7 Å². The maximum atomic E-state index is 10.0. The number of hydrogen-bond donors (Lipinski definition) is 3. The lowest BCUT2D eigenvalue weighted by Gasteiger charge is -2.07. The van der Waals surface area contributed by atoms with E-state index in [0.29, 0.717) is 0 Å². The van der Waals surface area contributed by atoms with Crippen molar-refractivity contribution >= 4 is 5.97 Å². The SMILES string of the molecule is CC(O)CO.CCC(CC(=O)O)OC. The van der Waals surface area contributed by atoms with E-state index in [2.05, 4.69) is 0 Å². The molecule has 0 saturated heterocycles. The van der Waals surface area contributed by atoms with Crippen LogP contribution < -0.4 is 0 Å². The minimum Gasteiger partial charge on any atom is -0.481 e. The highest BCUT2D eigenvalue weighted by molar-refractivity contribution is 5.67. The average molecular weight is 208 g/mol. The Bertz CT molecular complexity index is 131. The van der Waals surface area contributed by atoms with E-state index < -0.39 is 12.1 Å². The molecule has 0 saturated carbocycles. The Morgan fingerprint density at radius 3 is 2.00 bits per heavy atom. The van der Waals surface area contributed by atoms with Crippen LogP contribution in [0.2, 0.25) is 0 Å². The molecule has 0 rings (SSSR count). The molecule has 0 aromatic carbocycles. The summed E-state index contributed by atoms with van der Waals surface area (Å²) in [4.78, 5) is 10.0. The number of ether oxygens (including phenoxy) is 1. The smallest absolute Gasteiger partial charge is 0.305 e. The molecular formula is C9H20O5. The summed E-state index contributed by atoms with van der Waals surface area (Å²) in [5.41, 5.74) is 0. The minimum absolute atomic E-state index is 0.104. The summed E-state index contributed by atoms with van der Waals surface area (Å²) in [7, 11) is 1.52. The lowest BCUT2D eigenvalue weighted by molar-refractivity contribution is -0.139. The summed E-state index contributed by atoms with van der Waals surface area (Å²) >= 11 is 0. The number of aliphatic hydroxyl groups is 2. The molecule has 0 heterocycles. The van der Waals surface area contributed by atoms with Crippen molar-refractivity contribution in [2.24, 2.45) is 0 Å². The molecule has 0 amide bonds. The lowest BCUT2D eigenvalue weighted by atomic mass is 10.2. The van der Waals surface area contributed by atoms with E-state index in [1.165, 1.54) is 14.0 Å². The Hall–Kier alpha value is -0.650. The van der Waals surface area contributed by atoms with Crippen molar-refractivity contribution in [3.05, 3.63) is 0 Å². The molecule has 0 aromatic rings. The number of aliphatic hydroxyl groups excluding tert-OH is 2. The summed E-state index contributed by atoms with van der Waals surface area (Å²) in [6, 6.07) is 0. The molecule has 5 nitrogen and oxygen atoms in total. The number of carboxylic acids is 1. The largest absolute Gasteiger partial charge is 0.481 e. The van der Waals surface area contributed by atoms with Gasteiger partial charge in [-0.3, -0.25) is 4.79 Å². The predicted molar refractivity (Wildman–Crippen MR) is 52.1 cm³/mol. The van der Waals surface area contributed by atoms with Gasteiger partial charge in [0.1, 0.15) is 0 Å². The van der Waals surface area contributed by atoms with Crippen LogP contribution in [0.4, 0.5) is 0 Å². The number of methoxy groups -OCH3 is 1. The Balaban J connectivity index is 0. The van der Waals surface area contributed by atoms with Gasteiger partial charge in [0.05, 0.1) is 25.2 Å². The molecule has 86 valence electrons. The second kappa shape index (κ2) is 10.4. The standard InChI is InChI=1S/C6H12O3.C3H8O2/c1-3-5(9-2)4-6(7)8;1-3(5)2-4/h5H,3-4H2,1-2H3,(H,7,8);3-5H,2H2,1H3. The molecule has 0 aliphatic carbocycles. The maximum Gasteiger partial charge on any atom is 0.305 e. The van der Waals surface area contributed by atoms with Crippen LogP contribution in [0.5, 0.6) is 0 Å². The third kappa shape index (κ3) is 13.9. The number of aliphatic carboxylic acids is 1. The molecule has 0 aliphatic rings. The first kappa shape index (κ1) is 15.8. The van der Waals surface area contributed by atoms with Gasteiger partial charge in [-0.2, -0.15) is 0 Å². The van der Waals surface area contributed by atoms with E-state index in [9.17, 15) is 4.79 Å². The van der Waals surface area contributed by atoms with E-state index in [1.807, 2.05) is 6.92 Å². The highest BCUT2D eigenvalue weighted by Crippen LogP contribution is 2.00. The van der Waals surface area contributed by atoms with Crippen molar-refractivity contribution in [1.29, 1.82) is 0 Å². The van der Waals surface area contributed by atoms with Gasteiger partial charge in [-0.25, -0.2) is 0 Å². The summed E-state index contributed by atoms with van der Waals surface area (Å²) in [5, 5.41) is 24.3. The second-order valence-corrected chi connectivity index (χ2v) is 2.90. The van der Waals surface area contributed by atoms with Gasteiger partial charge in [0, 0.05) is 7.11 Å². The van der Waals surface area contributed by atoms with Crippen LogP contribution >= 0.6 is 0 Å². The average Bonchev–Trinajstić information content (AvgIpc) is 2.14. The zero-order valence-electron chi connectivity index (χ0n) is 8.93. The highest BCUT2D eigenvalue weighted by atomic mass is 16.5. The van der Waals surface area contributed by atoms with Crippen LogP contribution in [0.3, 0.4) is 0 Å². The molecule has 0 bridgehead atoms. The van der Waals surface area contributed by atoms with E-state index in [1.54, 1.807) is 0 Å². The molecule has 0 aromatic heterocycles. The van der Waals surface area contributed by atoms with Gasteiger partial charge in [-0.15, -0.1) is 0 Å². The van der Waals surface area contributed by atoms with Gasteiger partial charge in [0.15, 0.2) is 0 Å². The molecule has 2 unspecified atom stereocenters. The first-order valence-electron chi connectivity index (χ1n) is 4.51. The van der Waals surface area contributed by atoms with Crippen molar-refractivity contribution in [1.82, 2.24) is 0 Å². The lowest BCUT2D eigenvalue weighted by Crippen LogP contribution is -2.14. The molecule has 0 spiro atoms. The van der Waals surface area contributed by atoms with Crippen LogP contribution in [0, 0.1) is 0 Å². The molecule has 14 heavy (non-hydrogen) atoms. The number of carbonyl (C=O) groups is 1. The summed E-state index contributed by atoms with van der Waals surface area (Å²) in [6.07, 6.45) is 0.174. The number of rotatable bonds is 5. The first-order valence-corrected chi connectivity index (χ1v) is 4.51. The molecule has 5 heteroatoms. The zero-order chi connectivity index (χ0) is 11.6. The van der Waals surface area contributed by atoms with Crippen molar-refractivity contribution in [2.45, 2.75) is 38.9 Å². The van der Waals surface area contributed by atoms with Gasteiger partial charge < -0.3 is 20.1 Å². The maximum absolute atomic E-state index is 10.0. The normalized spacial score (nSPS) is 13.8. The fraction of sp³-hybridized carbons (Fsp3) is 0.889. The minimum atomic E-state index is -0.802. The Labute approximate surface area is 84.3 Å². The topological polar surface area (TPSA) is 87.0 Å². The van der Waals surface area contributed by atoms with Crippen molar-refractivity contribution < 1.29 is 24.9 Å². The van der Waals surface area contributed by atoms with Gasteiger partial charge in [-0.05, 0) is 13.3 Å². The number of hydrogen-bond acceptors (Lipinski definition) is 4. The van der Waals surface area contributed by atoms with E-state index in [4.69, 9.17) is 20.1 Å². The molecule has 0 radical (unpaired) electrons. The predicted octanol–water partition coefficient (Wildman–Crippen LogP) is 0.246. The monoisotopic (exact) mass is 208 g/mol. The third-order valence-corrected chi connectivity index (χ3v) is 1.46. The zero-order valence-corrected chi connectivity index (χ0v) is 8.93. The van der Waals surface area contributed by atoms with Gasteiger partial charge in [0.25, 0.3) is 0 Å². The molecule has 0 aliphatic heterocycles. The quantitative estimate of drug-likeness (QED) is 0.602. The van der Waals surface area contributed by atoms with E-state index in [0.717, 1.165) is 6.42 Å². The molecular weight excluding hydrogens is 188 g/mol. The number of carboxylic acid groups (broad SMARTS) is 1. The van der Waals surface area contributed by atoms with Crippen molar-refractivity contribution in [3.63, 3.8) is 0 Å². The van der Waals surface area contributed by atoms with Crippen LogP contribution in [-0.4, -0.2) is 47.2 Å². The Kier molecular flexibility index (Phi) is 11.8. The third-order valence-electron chi connectivity index (χ3n) is 1.46. The van der Waals surface area contributed by atoms with E-state index in [-0.39, 0.29) is 19.1 Å². The summed E-state index contributed by atoms with van der Waals surface area (Å²) in [5.74, 6) is -0.802. The van der Waals surface area contributed by atoms with E-state index >= 15 is 0 Å². The van der Waals surface area contributed by atoms with Crippen molar-refractivity contribution in [3.8, 4) is 0 Å². The summed E-state index contributed by atoms with van der Waals surface area (Å²) < 4.78 is 4.83. The fourth-order valence-corrected chi connectivity index (χ4v) is 0.589. The molecule has 3 N–H and O–H groups in total.